The lowest BCUT2D eigenvalue weighted by molar-refractivity contribution is 0.197. The third kappa shape index (κ3) is 3.72. The number of anilines is 1. The summed E-state index contributed by atoms with van der Waals surface area (Å²) >= 11 is 9.50. The Bertz CT molecular complexity index is 544. The molecule has 0 unspecified atom stereocenters. The molecule has 0 saturated heterocycles. The van der Waals surface area contributed by atoms with Crippen LogP contribution in [0.1, 0.15) is 6.42 Å². The van der Waals surface area contributed by atoms with Gasteiger partial charge in [-0.05, 0) is 40.5 Å². The number of methoxy groups -OCH3 is 1. The lowest BCUT2D eigenvalue weighted by Crippen LogP contribution is -2.09. The van der Waals surface area contributed by atoms with Crippen LogP contribution in [0.2, 0.25) is 5.02 Å². The van der Waals surface area contributed by atoms with Crippen LogP contribution >= 0.6 is 27.5 Å². The summed E-state index contributed by atoms with van der Waals surface area (Å²) in [5.74, 6) is 0.800. The second-order valence-corrected chi connectivity index (χ2v) is 5.25. The number of aromatic nitrogens is 2. The first kappa shape index (κ1) is 14.4. The van der Waals surface area contributed by atoms with Crippen molar-refractivity contribution in [1.82, 2.24) is 9.55 Å². The maximum atomic E-state index is 6.11. The second kappa shape index (κ2) is 6.93. The second-order valence-electron chi connectivity index (χ2n) is 3.99. The average Bonchev–Trinajstić information content (AvgIpc) is 2.86. The highest BCUT2D eigenvalue weighted by molar-refractivity contribution is 9.10. The fraction of sp³-hybridized carbons (Fsp3) is 0.308. The zero-order chi connectivity index (χ0) is 13.7. The third-order valence-corrected chi connectivity index (χ3v) is 3.86. The van der Waals surface area contributed by atoms with Crippen LogP contribution in [0, 0.1) is 0 Å². The SMILES string of the molecule is COCCCNc1nccn1-c1ccc(Br)c(Cl)c1. The Balaban J connectivity index is 2.12. The number of hydrogen-bond donors (Lipinski definition) is 1. The molecular weight excluding hydrogens is 330 g/mol. The van der Waals surface area contributed by atoms with Crippen molar-refractivity contribution in [1.29, 1.82) is 0 Å². The van der Waals surface area contributed by atoms with Gasteiger partial charge in [0.1, 0.15) is 0 Å². The average molecular weight is 345 g/mol. The van der Waals surface area contributed by atoms with Crippen molar-refractivity contribution in [3.8, 4) is 5.69 Å². The molecule has 1 heterocycles. The highest BCUT2D eigenvalue weighted by atomic mass is 79.9. The summed E-state index contributed by atoms with van der Waals surface area (Å²) < 4.78 is 7.86. The van der Waals surface area contributed by atoms with Gasteiger partial charge in [-0.1, -0.05) is 11.6 Å². The van der Waals surface area contributed by atoms with E-state index in [4.69, 9.17) is 16.3 Å². The molecule has 0 saturated carbocycles. The zero-order valence-electron chi connectivity index (χ0n) is 10.6. The molecule has 2 rings (SSSR count). The van der Waals surface area contributed by atoms with Crippen LogP contribution in [0.4, 0.5) is 5.95 Å². The van der Waals surface area contributed by atoms with E-state index in [1.165, 1.54) is 0 Å². The van der Waals surface area contributed by atoms with Crippen LogP contribution in [-0.2, 0) is 4.74 Å². The minimum atomic E-state index is 0.677. The van der Waals surface area contributed by atoms with Crippen molar-refractivity contribution in [2.24, 2.45) is 0 Å². The number of ether oxygens (including phenoxy) is 1. The van der Waals surface area contributed by atoms with Crippen LogP contribution in [0.15, 0.2) is 35.1 Å². The van der Waals surface area contributed by atoms with Crippen LogP contribution in [0.3, 0.4) is 0 Å². The summed E-state index contributed by atoms with van der Waals surface area (Å²) in [6.07, 6.45) is 4.59. The van der Waals surface area contributed by atoms with Crippen LogP contribution < -0.4 is 5.32 Å². The first-order chi connectivity index (χ1) is 9.22. The first-order valence-electron chi connectivity index (χ1n) is 5.94. The van der Waals surface area contributed by atoms with Gasteiger partial charge in [-0.3, -0.25) is 4.57 Å². The van der Waals surface area contributed by atoms with Gasteiger partial charge < -0.3 is 10.1 Å². The summed E-state index contributed by atoms with van der Waals surface area (Å²) in [6.45, 7) is 1.55. The molecule has 0 aliphatic carbocycles. The zero-order valence-corrected chi connectivity index (χ0v) is 12.9. The van der Waals surface area contributed by atoms with E-state index in [9.17, 15) is 0 Å². The molecule has 6 heteroatoms. The molecular formula is C13H15BrClN3O. The third-order valence-electron chi connectivity index (χ3n) is 2.63. The van der Waals surface area contributed by atoms with Gasteiger partial charge in [0.25, 0.3) is 0 Å². The predicted molar refractivity (Wildman–Crippen MR) is 81.3 cm³/mol. The topological polar surface area (TPSA) is 39.1 Å². The highest BCUT2D eigenvalue weighted by Crippen LogP contribution is 2.26. The van der Waals surface area contributed by atoms with E-state index in [0.717, 1.165) is 35.7 Å². The lowest BCUT2D eigenvalue weighted by atomic mass is 10.3. The van der Waals surface area contributed by atoms with Crippen molar-refractivity contribution in [2.75, 3.05) is 25.6 Å². The van der Waals surface area contributed by atoms with E-state index in [-0.39, 0.29) is 0 Å². The Morgan fingerprint density at radius 1 is 1.47 bits per heavy atom. The van der Waals surface area contributed by atoms with Gasteiger partial charge in [0.2, 0.25) is 5.95 Å². The predicted octanol–water partition coefficient (Wildman–Crippen LogP) is 3.74. The van der Waals surface area contributed by atoms with Crippen LogP contribution in [-0.4, -0.2) is 29.8 Å². The van der Waals surface area contributed by atoms with Crippen molar-refractivity contribution >= 4 is 33.5 Å². The van der Waals surface area contributed by atoms with E-state index in [0.29, 0.717) is 5.02 Å². The summed E-state index contributed by atoms with van der Waals surface area (Å²) in [4.78, 5) is 4.30. The minimum Gasteiger partial charge on any atom is -0.385 e. The van der Waals surface area contributed by atoms with E-state index in [1.807, 2.05) is 29.0 Å². The van der Waals surface area contributed by atoms with Gasteiger partial charge in [-0.15, -0.1) is 0 Å². The molecule has 0 aliphatic heterocycles. The van der Waals surface area contributed by atoms with Crippen LogP contribution in [0.5, 0.6) is 0 Å². The maximum Gasteiger partial charge on any atom is 0.207 e. The summed E-state index contributed by atoms with van der Waals surface area (Å²) in [6, 6.07) is 5.80. The largest absolute Gasteiger partial charge is 0.385 e. The molecule has 1 N–H and O–H groups in total. The van der Waals surface area contributed by atoms with Gasteiger partial charge >= 0.3 is 0 Å². The number of nitrogens with one attached hydrogen (secondary N) is 1. The molecule has 2 aromatic rings. The van der Waals surface area contributed by atoms with E-state index in [2.05, 4.69) is 26.2 Å². The molecule has 102 valence electrons. The number of rotatable bonds is 6. The van der Waals surface area contributed by atoms with E-state index < -0.39 is 0 Å². The van der Waals surface area contributed by atoms with Crippen molar-refractivity contribution in [2.45, 2.75) is 6.42 Å². The van der Waals surface area contributed by atoms with Crippen molar-refractivity contribution in [3.05, 3.63) is 40.1 Å². The highest BCUT2D eigenvalue weighted by Gasteiger charge is 2.06. The van der Waals surface area contributed by atoms with E-state index >= 15 is 0 Å². The van der Waals surface area contributed by atoms with Gasteiger partial charge in [-0.2, -0.15) is 0 Å². The van der Waals surface area contributed by atoms with E-state index in [1.54, 1.807) is 13.3 Å². The fourth-order valence-electron chi connectivity index (χ4n) is 1.69. The summed E-state index contributed by atoms with van der Waals surface area (Å²) in [5.41, 5.74) is 0.972. The molecule has 0 radical (unpaired) electrons. The Morgan fingerprint density at radius 2 is 2.32 bits per heavy atom. The fourth-order valence-corrected chi connectivity index (χ4v) is 2.12. The van der Waals surface area contributed by atoms with Gasteiger partial charge in [0, 0.05) is 37.1 Å². The smallest absolute Gasteiger partial charge is 0.207 e. The maximum absolute atomic E-state index is 6.11. The molecule has 1 aromatic carbocycles. The van der Waals surface area contributed by atoms with Crippen LogP contribution in [0.25, 0.3) is 5.69 Å². The van der Waals surface area contributed by atoms with Gasteiger partial charge in [0.05, 0.1) is 10.7 Å². The monoisotopic (exact) mass is 343 g/mol. The number of halogens is 2. The molecule has 0 bridgehead atoms. The Hall–Kier alpha value is -1.04. The number of imidazole rings is 1. The number of nitrogens with zero attached hydrogens (tertiary/aromatic N) is 2. The molecule has 1 aromatic heterocycles. The molecule has 0 aliphatic rings. The molecule has 4 nitrogen and oxygen atoms in total. The van der Waals surface area contributed by atoms with Gasteiger partial charge in [-0.25, -0.2) is 4.98 Å². The molecule has 0 atom stereocenters. The van der Waals surface area contributed by atoms with Gasteiger partial charge in [0.15, 0.2) is 0 Å². The summed E-state index contributed by atoms with van der Waals surface area (Å²) in [7, 11) is 1.70. The van der Waals surface area contributed by atoms with Crippen molar-refractivity contribution in [3.63, 3.8) is 0 Å². The Labute approximate surface area is 125 Å². The van der Waals surface area contributed by atoms with Crippen molar-refractivity contribution < 1.29 is 4.74 Å². The molecule has 0 fully saturated rings. The Kier molecular flexibility index (Phi) is 5.24. The number of benzene rings is 1. The molecule has 0 spiro atoms. The normalized spacial score (nSPS) is 10.7. The molecule has 0 amide bonds. The lowest BCUT2D eigenvalue weighted by Gasteiger charge is -2.10. The summed E-state index contributed by atoms with van der Waals surface area (Å²) in [5, 5.41) is 3.96. The quantitative estimate of drug-likeness (QED) is 0.812. The minimum absolute atomic E-state index is 0.677. The Morgan fingerprint density at radius 3 is 3.05 bits per heavy atom. The molecule has 19 heavy (non-hydrogen) atoms. The standard InChI is InChI=1S/C13H15BrClN3O/c1-19-8-2-5-16-13-17-6-7-18(13)10-3-4-11(14)12(15)9-10/h3-4,6-7,9H,2,5,8H2,1H3,(H,16,17). The number of hydrogen-bond acceptors (Lipinski definition) is 3. The first-order valence-corrected chi connectivity index (χ1v) is 7.11.